The number of aliphatic hydroxyl groups is 1. The summed E-state index contributed by atoms with van der Waals surface area (Å²) in [5.74, 6) is 0.574. The third-order valence-electron chi connectivity index (χ3n) is 7.14. The first kappa shape index (κ1) is 26.6. The molecule has 3 aromatic rings. The smallest absolute Gasteiger partial charge is 0.203 e. The van der Waals surface area contributed by atoms with Gasteiger partial charge in [0.05, 0.1) is 21.3 Å². The van der Waals surface area contributed by atoms with Crippen LogP contribution < -0.4 is 19.1 Å². The van der Waals surface area contributed by atoms with E-state index in [1.54, 1.807) is 29.2 Å². The predicted octanol–water partition coefficient (Wildman–Crippen LogP) is 7.03. The van der Waals surface area contributed by atoms with Crippen molar-refractivity contribution in [3.05, 3.63) is 99.2 Å². The van der Waals surface area contributed by atoms with Crippen molar-refractivity contribution in [3.63, 3.8) is 0 Å². The number of nitrogens with zero attached hydrogens (tertiary/aromatic N) is 1. The Hall–Kier alpha value is -4.04. The van der Waals surface area contributed by atoms with Crippen LogP contribution in [0.3, 0.4) is 0 Å². The molecule has 1 atom stereocenters. The van der Waals surface area contributed by atoms with E-state index in [0.29, 0.717) is 58.8 Å². The minimum Gasteiger partial charge on any atom is -0.507 e. The number of aliphatic hydroxyl groups excluding tert-OH is 1. The number of rotatable bonds is 6. The zero-order chi connectivity index (χ0) is 27.7. The van der Waals surface area contributed by atoms with Crippen molar-refractivity contribution in [2.75, 3.05) is 26.2 Å². The number of halogens is 1. The lowest BCUT2D eigenvalue weighted by molar-refractivity contribution is -0.116. The van der Waals surface area contributed by atoms with Gasteiger partial charge in [-0.05, 0) is 48.7 Å². The Morgan fingerprint density at radius 3 is 2.26 bits per heavy atom. The van der Waals surface area contributed by atoms with Crippen molar-refractivity contribution < 1.29 is 24.1 Å². The van der Waals surface area contributed by atoms with Gasteiger partial charge >= 0.3 is 0 Å². The molecule has 8 heteroatoms. The molecule has 0 bridgehead atoms. The zero-order valence-corrected chi connectivity index (χ0v) is 23.5. The fourth-order valence-corrected chi connectivity index (χ4v) is 5.83. The van der Waals surface area contributed by atoms with Crippen LogP contribution in [0.5, 0.6) is 17.2 Å². The fraction of sp³-hybridized carbons (Fsp3) is 0.226. The number of nitrogens with one attached hydrogen (secondary N) is 1. The normalized spacial score (nSPS) is 18.6. The number of carbonyl (C=O) groups is 1. The molecule has 200 valence electrons. The second kappa shape index (κ2) is 11.0. The maximum absolute atomic E-state index is 13.7. The summed E-state index contributed by atoms with van der Waals surface area (Å²) in [5, 5.41) is 21.3. The average Bonchev–Trinajstić information content (AvgIpc) is 2.96. The highest BCUT2D eigenvalue weighted by molar-refractivity contribution is 9.10. The van der Waals surface area contributed by atoms with E-state index in [2.05, 4.69) is 15.9 Å². The Balaban J connectivity index is 1.87. The largest absolute Gasteiger partial charge is 0.507 e. The van der Waals surface area contributed by atoms with Crippen molar-refractivity contribution in [1.29, 1.82) is 5.41 Å². The molecule has 0 spiro atoms. The van der Waals surface area contributed by atoms with Gasteiger partial charge in [-0.3, -0.25) is 15.1 Å². The van der Waals surface area contributed by atoms with E-state index in [4.69, 9.17) is 14.2 Å². The summed E-state index contributed by atoms with van der Waals surface area (Å²) < 4.78 is 17.6. The van der Waals surface area contributed by atoms with Gasteiger partial charge in [0.2, 0.25) is 5.75 Å². The highest BCUT2D eigenvalue weighted by Gasteiger charge is 2.43. The maximum atomic E-state index is 13.7. The number of carbonyl (C=O) groups excluding carboxylic acids is 1. The van der Waals surface area contributed by atoms with Crippen LogP contribution in [0.4, 0.5) is 5.69 Å². The summed E-state index contributed by atoms with van der Waals surface area (Å²) in [7, 11) is 4.60. The summed E-state index contributed by atoms with van der Waals surface area (Å²) in [4.78, 5) is 15.5. The van der Waals surface area contributed by atoms with Gasteiger partial charge in [-0.25, -0.2) is 0 Å². The molecule has 0 saturated heterocycles. The molecule has 5 rings (SSSR count). The molecule has 3 aromatic carbocycles. The van der Waals surface area contributed by atoms with Crippen molar-refractivity contribution in [1.82, 2.24) is 0 Å². The first-order chi connectivity index (χ1) is 18.9. The number of anilines is 1. The number of hydrogen-bond donors (Lipinski definition) is 2. The summed E-state index contributed by atoms with van der Waals surface area (Å²) in [5.41, 5.74) is 3.59. The molecule has 1 aliphatic heterocycles. The molecular weight excluding hydrogens is 560 g/mol. The van der Waals surface area contributed by atoms with Gasteiger partial charge in [0.15, 0.2) is 17.3 Å². The van der Waals surface area contributed by atoms with Gasteiger partial charge in [0.1, 0.15) is 11.6 Å². The van der Waals surface area contributed by atoms with Crippen LogP contribution >= 0.6 is 15.9 Å². The fourth-order valence-electron chi connectivity index (χ4n) is 5.44. The van der Waals surface area contributed by atoms with Gasteiger partial charge in [-0.15, -0.1) is 0 Å². The molecular formula is C31H29BrN2O5. The van der Waals surface area contributed by atoms with Crippen LogP contribution in [-0.4, -0.2) is 38.1 Å². The number of amidine groups is 1. The van der Waals surface area contributed by atoms with E-state index in [0.717, 1.165) is 15.9 Å². The van der Waals surface area contributed by atoms with Crippen molar-refractivity contribution >= 4 is 39.0 Å². The Kier molecular flexibility index (Phi) is 7.48. The van der Waals surface area contributed by atoms with Crippen LogP contribution in [0.2, 0.25) is 0 Å². The Morgan fingerprint density at radius 2 is 1.64 bits per heavy atom. The van der Waals surface area contributed by atoms with Crippen LogP contribution in [0.25, 0.3) is 5.76 Å². The lowest BCUT2D eigenvalue weighted by atomic mass is 9.73. The lowest BCUT2D eigenvalue weighted by Crippen LogP contribution is -2.42. The quantitative estimate of drug-likeness (QED) is 0.300. The van der Waals surface area contributed by atoms with Crippen molar-refractivity contribution in [2.24, 2.45) is 0 Å². The van der Waals surface area contributed by atoms with E-state index < -0.39 is 5.92 Å². The molecule has 0 radical (unpaired) electrons. The summed E-state index contributed by atoms with van der Waals surface area (Å²) in [6.07, 6.45) is 1.69. The molecule has 1 heterocycles. The van der Waals surface area contributed by atoms with E-state index in [1.165, 1.54) is 21.3 Å². The summed E-state index contributed by atoms with van der Waals surface area (Å²) >= 11 is 3.54. The molecule has 0 fully saturated rings. The number of methoxy groups -OCH3 is 3. The van der Waals surface area contributed by atoms with Crippen LogP contribution in [0, 0.1) is 5.41 Å². The third-order valence-corrected chi connectivity index (χ3v) is 7.64. The van der Waals surface area contributed by atoms with Crippen molar-refractivity contribution in [3.8, 4) is 17.2 Å². The molecule has 1 unspecified atom stereocenters. The number of allylic oxidation sites excluding steroid dienone is 2. The summed E-state index contributed by atoms with van der Waals surface area (Å²) in [6.45, 7) is 0. The molecule has 2 aliphatic rings. The van der Waals surface area contributed by atoms with Gasteiger partial charge in [-0.2, -0.15) is 0 Å². The monoisotopic (exact) mass is 588 g/mol. The zero-order valence-electron chi connectivity index (χ0n) is 22.0. The van der Waals surface area contributed by atoms with Gasteiger partial charge < -0.3 is 19.3 Å². The Morgan fingerprint density at radius 1 is 0.949 bits per heavy atom. The number of ketones is 1. The molecule has 0 amide bonds. The maximum Gasteiger partial charge on any atom is 0.203 e. The number of Topliss-reactive ketones (excluding diaryl/α,β-unsaturated/α-hetero) is 1. The Bertz CT molecular complexity index is 1490. The molecule has 39 heavy (non-hydrogen) atoms. The second-order valence-corrected chi connectivity index (χ2v) is 10.2. The first-order valence-corrected chi connectivity index (χ1v) is 13.4. The van der Waals surface area contributed by atoms with E-state index in [-0.39, 0.29) is 17.4 Å². The number of benzene rings is 3. The highest BCUT2D eigenvalue weighted by Crippen LogP contribution is 2.50. The standard InChI is InChI=1S/C31H29BrN2O5/c1-37-24-15-19(16-25(38-2)30(24)39-3)26-27-22(13-8-14-23(27)35)34(21-12-7-11-20(32)17-21)31(33)28(26)29(36)18-9-5-4-6-10-18/h4-7,9-12,15-17,26,33,36H,8,13-14H2,1-3H3/b29-28+,33-31?. The minimum absolute atomic E-state index is 0.0131. The molecule has 0 saturated carbocycles. The number of hydrogen-bond acceptors (Lipinski definition) is 6. The van der Waals surface area contributed by atoms with Gasteiger partial charge in [0, 0.05) is 44.9 Å². The molecule has 2 N–H and O–H groups in total. The molecule has 7 nitrogen and oxygen atoms in total. The topological polar surface area (TPSA) is 92.1 Å². The van der Waals surface area contributed by atoms with Crippen molar-refractivity contribution in [2.45, 2.75) is 25.2 Å². The van der Waals surface area contributed by atoms with Gasteiger partial charge in [-0.1, -0.05) is 52.3 Å². The number of ether oxygens (including phenoxy) is 3. The van der Waals surface area contributed by atoms with E-state index in [1.807, 2.05) is 42.5 Å². The van der Waals surface area contributed by atoms with Crippen LogP contribution in [0.1, 0.15) is 36.3 Å². The van der Waals surface area contributed by atoms with E-state index >= 15 is 0 Å². The van der Waals surface area contributed by atoms with E-state index in [9.17, 15) is 15.3 Å². The second-order valence-electron chi connectivity index (χ2n) is 9.32. The van der Waals surface area contributed by atoms with Crippen LogP contribution in [0.15, 0.2) is 88.0 Å². The SMILES string of the molecule is COc1cc(C2C3=C(CCCC3=O)N(c3cccc(Br)c3)C(=N)/C2=C(/O)c2ccccc2)cc(OC)c1OC. The molecule has 1 aliphatic carbocycles. The molecule has 0 aromatic heterocycles. The predicted molar refractivity (Wildman–Crippen MR) is 155 cm³/mol. The average molecular weight is 589 g/mol. The summed E-state index contributed by atoms with van der Waals surface area (Å²) in [6, 6.07) is 20.3. The minimum atomic E-state index is -0.724. The highest BCUT2D eigenvalue weighted by atomic mass is 79.9. The lowest BCUT2D eigenvalue weighted by Gasteiger charge is -2.42. The first-order valence-electron chi connectivity index (χ1n) is 12.6. The Labute approximate surface area is 236 Å². The van der Waals surface area contributed by atoms with Gasteiger partial charge in [0.25, 0.3) is 0 Å². The third kappa shape index (κ3) is 4.69. The van der Waals surface area contributed by atoms with Crippen LogP contribution in [-0.2, 0) is 4.79 Å².